The largest absolute Gasteiger partial charge is 0.477 e. The Labute approximate surface area is 75.9 Å². The summed E-state index contributed by atoms with van der Waals surface area (Å²) in [5.41, 5.74) is 1.88. The molecule has 1 aromatic rings. The molecule has 0 atom stereocenters. The van der Waals surface area contributed by atoms with E-state index in [1.165, 1.54) is 6.21 Å². The Hall–Kier alpha value is -1.58. The fraction of sp³-hybridized carbons (Fsp3) is 0.333. The highest BCUT2D eigenvalue weighted by atomic mass is 16.5. The highest BCUT2D eigenvalue weighted by molar-refractivity contribution is 5.79. The van der Waals surface area contributed by atoms with Crippen LogP contribution in [-0.2, 0) is 6.42 Å². The van der Waals surface area contributed by atoms with Crippen molar-refractivity contribution in [2.24, 2.45) is 5.16 Å². The van der Waals surface area contributed by atoms with Gasteiger partial charge in [0, 0.05) is 17.3 Å². The van der Waals surface area contributed by atoms with Crippen molar-refractivity contribution in [1.82, 2.24) is 4.98 Å². The Balaban J connectivity index is 2.35. The van der Waals surface area contributed by atoms with Crippen LogP contribution in [0.3, 0.4) is 0 Å². The van der Waals surface area contributed by atoms with Crippen LogP contribution in [0.2, 0.25) is 0 Å². The lowest BCUT2D eigenvalue weighted by atomic mass is 10.1. The predicted octanol–water partition coefficient (Wildman–Crippen LogP) is 1.21. The second-order valence-corrected chi connectivity index (χ2v) is 2.93. The molecule has 1 aliphatic rings. The number of rotatable bonds is 1. The number of aryl methyl sites for hydroxylation is 1. The summed E-state index contributed by atoms with van der Waals surface area (Å²) < 4.78 is 5.34. The minimum absolute atomic E-state index is 0.710. The maximum Gasteiger partial charge on any atom is 0.216 e. The fourth-order valence-electron chi connectivity index (χ4n) is 1.39. The SMILES string of the molecule is O/N=C/c1cnc2c(c1)CCCO2. The van der Waals surface area contributed by atoms with Gasteiger partial charge in [0.1, 0.15) is 0 Å². The molecular formula is C9H10N2O2. The van der Waals surface area contributed by atoms with Gasteiger partial charge in [-0.3, -0.25) is 0 Å². The van der Waals surface area contributed by atoms with Gasteiger partial charge >= 0.3 is 0 Å². The molecule has 2 rings (SSSR count). The summed E-state index contributed by atoms with van der Waals surface area (Å²) in [7, 11) is 0. The fourth-order valence-corrected chi connectivity index (χ4v) is 1.39. The molecular weight excluding hydrogens is 168 g/mol. The van der Waals surface area contributed by atoms with Crippen LogP contribution in [0.4, 0.5) is 0 Å². The van der Waals surface area contributed by atoms with Gasteiger partial charge in [-0.2, -0.15) is 0 Å². The molecule has 0 radical (unpaired) electrons. The van der Waals surface area contributed by atoms with E-state index in [1.54, 1.807) is 6.20 Å². The molecule has 0 saturated heterocycles. The van der Waals surface area contributed by atoms with Crippen molar-refractivity contribution in [1.29, 1.82) is 0 Å². The first-order chi connectivity index (χ1) is 6.40. The topological polar surface area (TPSA) is 54.7 Å². The van der Waals surface area contributed by atoms with Crippen LogP contribution in [0.15, 0.2) is 17.4 Å². The highest BCUT2D eigenvalue weighted by Gasteiger charge is 2.11. The van der Waals surface area contributed by atoms with Crippen LogP contribution in [0.25, 0.3) is 0 Å². The zero-order chi connectivity index (χ0) is 9.10. The molecule has 0 unspecified atom stereocenters. The Morgan fingerprint density at radius 3 is 3.38 bits per heavy atom. The zero-order valence-electron chi connectivity index (χ0n) is 7.10. The summed E-state index contributed by atoms with van der Waals surface area (Å²) in [5.74, 6) is 0.710. The first-order valence-electron chi connectivity index (χ1n) is 4.19. The smallest absolute Gasteiger partial charge is 0.216 e. The van der Waals surface area contributed by atoms with Gasteiger partial charge in [-0.1, -0.05) is 5.16 Å². The van der Waals surface area contributed by atoms with Crippen molar-refractivity contribution in [3.63, 3.8) is 0 Å². The van der Waals surface area contributed by atoms with Crippen molar-refractivity contribution in [3.8, 4) is 5.88 Å². The molecule has 0 saturated carbocycles. The molecule has 0 spiro atoms. The number of pyridine rings is 1. The van der Waals surface area contributed by atoms with Crippen molar-refractivity contribution in [2.75, 3.05) is 6.61 Å². The third kappa shape index (κ3) is 1.61. The molecule has 0 amide bonds. The maximum atomic E-state index is 8.33. The summed E-state index contributed by atoms with van der Waals surface area (Å²) in [6, 6.07) is 1.93. The van der Waals surface area contributed by atoms with Gasteiger partial charge in [0.25, 0.3) is 0 Å². The first-order valence-corrected chi connectivity index (χ1v) is 4.19. The van der Waals surface area contributed by atoms with Crippen LogP contribution in [0, 0.1) is 0 Å². The number of aromatic nitrogens is 1. The van der Waals surface area contributed by atoms with Gasteiger partial charge < -0.3 is 9.94 Å². The summed E-state index contributed by atoms with van der Waals surface area (Å²) in [6.45, 7) is 0.743. The average Bonchev–Trinajstić information content (AvgIpc) is 2.18. The average molecular weight is 178 g/mol. The molecule has 13 heavy (non-hydrogen) atoms. The van der Waals surface area contributed by atoms with Crippen LogP contribution in [-0.4, -0.2) is 23.0 Å². The van der Waals surface area contributed by atoms with Gasteiger partial charge in [0.15, 0.2) is 0 Å². The molecule has 0 aliphatic carbocycles. The van der Waals surface area contributed by atoms with Crippen molar-refractivity contribution < 1.29 is 9.94 Å². The Morgan fingerprint density at radius 1 is 1.62 bits per heavy atom. The normalized spacial score (nSPS) is 15.4. The highest BCUT2D eigenvalue weighted by Crippen LogP contribution is 2.21. The van der Waals surface area contributed by atoms with E-state index in [-0.39, 0.29) is 0 Å². The second kappa shape index (κ2) is 3.43. The Morgan fingerprint density at radius 2 is 2.54 bits per heavy atom. The summed E-state index contributed by atoms with van der Waals surface area (Å²) in [6.07, 6.45) is 5.00. The number of nitrogens with zero attached hydrogens (tertiary/aromatic N) is 2. The van der Waals surface area contributed by atoms with Gasteiger partial charge in [-0.25, -0.2) is 4.98 Å². The van der Waals surface area contributed by atoms with Gasteiger partial charge in [-0.05, 0) is 18.9 Å². The van der Waals surface area contributed by atoms with Crippen LogP contribution >= 0.6 is 0 Å². The molecule has 4 nitrogen and oxygen atoms in total. The molecule has 1 aliphatic heterocycles. The predicted molar refractivity (Wildman–Crippen MR) is 47.4 cm³/mol. The van der Waals surface area contributed by atoms with E-state index in [0.29, 0.717) is 5.88 Å². The third-order valence-corrected chi connectivity index (χ3v) is 1.98. The number of fused-ring (bicyclic) bond motifs is 1. The molecule has 0 fully saturated rings. The van der Waals surface area contributed by atoms with E-state index >= 15 is 0 Å². The van der Waals surface area contributed by atoms with Crippen molar-refractivity contribution >= 4 is 6.21 Å². The first kappa shape index (κ1) is 8.04. The molecule has 1 aromatic heterocycles. The van der Waals surface area contributed by atoms with Gasteiger partial charge in [0.2, 0.25) is 5.88 Å². The minimum Gasteiger partial charge on any atom is -0.477 e. The summed E-state index contributed by atoms with van der Waals surface area (Å²) in [5, 5.41) is 11.3. The van der Waals surface area contributed by atoms with Gasteiger partial charge in [0.05, 0.1) is 12.8 Å². The van der Waals surface area contributed by atoms with Crippen molar-refractivity contribution in [2.45, 2.75) is 12.8 Å². The third-order valence-electron chi connectivity index (χ3n) is 1.98. The van der Waals surface area contributed by atoms with Gasteiger partial charge in [-0.15, -0.1) is 0 Å². The number of ether oxygens (including phenoxy) is 1. The second-order valence-electron chi connectivity index (χ2n) is 2.93. The summed E-state index contributed by atoms with van der Waals surface area (Å²) in [4.78, 5) is 4.11. The maximum absolute atomic E-state index is 8.33. The lowest BCUT2D eigenvalue weighted by molar-refractivity contribution is 0.276. The van der Waals surface area contributed by atoms with E-state index in [0.717, 1.165) is 30.6 Å². The van der Waals surface area contributed by atoms with Crippen LogP contribution < -0.4 is 4.74 Å². The minimum atomic E-state index is 0.710. The van der Waals surface area contributed by atoms with E-state index in [2.05, 4.69) is 10.1 Å². The zero-order valence-corrected chi connectivity index (χ0v) is 7.10. The van der Waals surface area contributed by atoms with E-state index in [4.69, 9.17) is 9.94 Å². The molecule has 2 heterocycles. The molecule has 4 heteroatoms. The monoisotopic (exact) mass is 178 g/mol. The lowest BCUT2D eigenvalue weighted by Crippen LogP contribution is -2.10. The molecule has 68 valence electrons. The van der Waals surface area contributed by atoms with E-state index < -0.39 is 0 Å². The lowest BCUT2D eigenvalue weighted by Gasteiger charge is -2.15. The van der Waals surface area contributed by atoms with Crippen LogP contribution in [0.1, 0.15) is 17.5 Å². The summed E-state index contributed by atoms with van der Waals surface area (Å²) >= 11 is 0. The van der Waals surface area contributed by atoms with E-state index in [9.17, 15) is 0 Å². The Kier molecular flexibility index (Phi) is 2.12. The molecule has 1 N–H and O–H groups in total. The van der Waals surface area contributed by atoms with E-state index in [1.807, 2.05) is 6.07 Å². The van der Waals surface area contributed by atoms with Crippen LogP contribution in [0.5, 0.6) is 5.88 Å². The molecule has 0 bridgehead atoms. The Bertz CT molecular complexity index is 336. The quantitative estimate of drug-likeness (QED) is 0.399. The standard InChI is InChI=1S/C9H10N2O2/c12-11-6-7-4-8-2-1-3-13-9(8)10-5-7/h4-6,12H,1-3H2/b11-6+. The number of hydrogen-bond donors (Lipinski definition) is 1. The number of oxime groups is 1. The van der Waals surface area contributed by atoms with Crippen molar-refractivity contribution in [3.05, 3.63) is 23.4 Å². The molecule has 0 aromatic carbocycles. The number of hydrogen-bond acceptors (Lipinski definition) is 4.